The van der Waals surface area contributed by atoms with Crippen molar-refractivity contribution in [2.75, 3.05) is 0 Å². The zero-order valence-electron chi connectivity index (χ0n) is 9.76. The molecule has 0 bridgehead atoms. The van der Waals surface area contributed by atoms with Gasteiger partial charge < -0.3 is 0 Å². The van der Waals surface area contributed by atoms with E-state index < -0.39 is 0 Å². The Morgan fingerprint density at radius 1 is 1.06 bits per heavy atom. The van der Waals surface area contributed by atoms with E-state index in [2.05, 4.69) is 21.0 Å². The monoisotopic (exact) mass is 255 g/mol. The van der Waals surface area contributed by atoms with Crippen LogP contribution in [-0.4, -0.2) is 15.0 Å². The summed E-state index contributed by atoms with van der Waals surface area (Å²) in [5.41, 5.74) is 3.75. The van der Waals surface area contributed by atoms with Crippen molar-refractivity contribution in [2.45, 2.75) is 6.92 Å². The molecule has 0 radical (unpaired) electrons. The van der Waals surface area contributed by atoms with Crippen molar-refractivity contribution in [3.8, 4) is 11.3 Å². The van der Waals surface area contributed by atoms with E-state index in [-0.39, 0.29) is 0 Å². The van der Waals surface area contributed by atoms with E-state index >= 15 is 0 Å². The topological polar surface area (TPSA) is 38.7 Å². The zero-order valence-corrected chi connectivity index (χ0v) is 10.5. The maximum Gasteiger partial charge on any atom is 0.135 e. The Morgan fingerprint density at radius 3 is 2.83 bits per heavy atom. The molecule has 0 aliphatic carbocycles. The first kappa shape index (κ1) is 11.1. The van der Waals surface area contributed by atoms with Gasteiger partial charge in [-0.25, -0.2) is 9.97 Å². The highest BCUT2D eigenvalue weighted by atomic mass is 35.5. The van der Waals surface area contributed by atoms with Crippen LogP contribution in [0.4, 0.5) is 0 Å². The highest BCUT2D eigenvalue weighted by Crippen LogP contribution is 2.26. The highest BCUT2D eigenvalue weighted by molar-refractivity contribution is 6.30. The van der Waals surface area contributed by atoms with Gasteiger partial charge in [0.05, 0.1) is 11.2 Å². The predicted octanol–water partition coefficient (Wildman–Crippen LogP) is 3.65. The molecule has 0 unspecified atom stereocenters. The molecule has 0 aliphatic heterocycles. The number of rotatable bonds is 1. The maximum absolute atomic E-state index is 6.02. The number of pyridine rings is 1. The van der Waals surface area contributed by atoms with Crippen molar-refractivity contribution in [3.05, 3.63) is 53.6 Å². The fourth-order valence-corrected chi connectivity index (χ4v) is 2.08. The van der Waals surface area contributed by atoms with Crippen molar-refractivity contribution < 1.29 is 0 Å². The molecule has 0 saturated heterocycles. The SMILES string of the molecule is Cc1c(Cl)ncnc1-c1ccc2ncccc2c1. The van der Waals surface area contributed by atoms with Crippen molar-refractivity contribution in [1.29, 1.82) is 0 Å². The summed E-state index contributed by atoms with van der Waals surface area (Å²) in [5, 5.41) is 1.58. The molecule has 0 atom stereocenters. The number of halogens is 1. The first-order valence-electron chi connectivity index (χ1n) is 5.58. The molecule has 0 fully saturated rings. The molecule has 3 nitrogen and oxygen atoms in total. The van der Waals surface area contributed by atoms with Crippen LogP contribution in [0, 0.1) is 6.92 Å². The third-order valence-corrected chi connectivity index (χ3v) is 3.28. The first-order chi connectivity index (χ1) is 8.75. The summed E-state index contributed by atoms with van der Waals surface area (Å²) >= 11 is 6.02. The fourth-order valence-electron chi connectivity index (χ4n) is 1.94. The molecular formula is C14H10ClN3. The van der Waals surface area contributed by atoms with E-state index in [1.807, 2.05) is 31.2 Å². The lowest BCUT2D eigenvalue weighted by molar-refractivity contribution is 1.13. The number of benzene rings is 1. The lowest BCUT2D eigenvalue weighted by Crippen LogP contribution is -1.92. The van der Waals surface area contributed by atoms with Gasteiger partial charge in [0.15, 0.2) is 0 Å². The average Bonchev–Trinajstić information content (AvgIpc) is 2.41. The van der Waals surface area contributed by atoms with E-state index in [0.717, 1.165) is 27.7 Å². The maximum atomic E-state index is 6.02. The van der Waals surface area contributed by atoms with Crippen LogP contribution < -0.4 is 0 Å². The molecule has 2 heterocycles. The number of hydrogen-bond acceptors (Lipinski definition) is 3. The van der Waals surface area contributed by atoms with Crippen LogP contribution in [-0.2, 0) is 0 Å². The van der Waals surface area contributed by atoms with Crippen LogP contribution in [0.1, 0.15) is 5.56 Å². The first-order valence-corrected chi connectivity index (χ1v) is 5.96. The Bertz CT molecular complexity index is 725. The van der Waals surface area contributed by atoms with Crippen molar-refractivity contribution in [1.82, 2.24) is 15.0 Å². The average molecular weight is 256 g/mol. The van der Waals surface area contributed by atoms with Crippen LogP contribution in [0.25, 0.3) is 22.2 Å². The van der Waals surface area contributed by atoms with E-state index in [1.165, 1.54) is 6.33 Å². The van der Waals surface area contributed by atoms with Gasteiger partial charge in [0.2, 0.25) is 0 Å². The van der Waals surface area contributed by atoms with Crippen molar-refractivity contribution in [2.24, 2.45) is 0 Å². The van der Waals surface area contributed by atoms with Crippen LogP contribution >= 0.6 is 11.6 Å². The second-order valence-electron chi connectivity index (χ2n) is 4.05. The molecule has 0 saturated carbocycles. The van der Waals surface area contributed by atoms with Gasteiger partial charge in [0, 0.05) is 22.7 Å². The second-order valence-corrected chi connectivity index (χ2v) is 4.41. The van der Waals surface area contributed by atoms with Crippen LogP contribution in [0.5, 0.6) is 0 Å². The molecule has 0 N–H and O–H groups in total. The molecule has 0 spiro atoms. The molecule has 0 amide bonds. The van der Waals surface area contributed by atoms with Gasteiger partial charge in [-0.3, -0.25) is 4.98 Å². The summed E-state index contributed by atoms with van der Waals surface area (Å²) in [7, 11) is 0. The quantitative estimate of drug-likeness (QED) is 0.623. The summed E-state index contributed by atoms with van der Waals surface area (Å²) < 4.78 is 0. The van der Waals surface area contributed by atoms with E-state index in [0.29, 0.717) is 5.15 Å². The van der Waals surface area contributed by atoms with Crippen molar-refractivity contribution in [3.63, 3.8) is 0 Å². The lowest BCUT2D eigenvalue weighted by atomic mass is 10.1. The molecule has 3 aromatic rings. The van der Waals surface area contributed by atoms with Crippen molar-refractivity contribution >= 4 is 22.5 Å². The summed E-state index contributed by atoms with van der Waals surface area (Å²) in [5.74, 6) is 0. The molecule has 88 valence electrons. The van der Waals surface area contributed by atoms with E-state index in [4.69, 9.17) is 11.6 Å². The minimum Gasteiger partial charge on any atom is -0.256 e. The molecule has 18 heavy (non-hydrogen) atoms. The Kier molecular flexibility index (Phi) is 2.68. The molecule has 2 aromatic heterocycles. The third-order valence-electron chi connectivity index (χ3n) is 2.90. The summed E-state index contributed by atoms with van der Waals surface area (Å²) in [4.78, 5) is 12.6. The van der Waals surface area contributed by atoms with Crippen LogP contribution in [0.2, 0.25) is 5.15 Å². The number of hydrogen-bond donors (Lipinski definition) is 0. The molecule has 1 aromatic carbocycles. The van der Waals surface area contributed by atoms with Gasteiger partial charge in [-0.05, 0) is 25.1 Å². The normalized spacial score (nSPS) is 10.8. The molecule has 4 heteroatoms. The van der Waals surface area contributed by atoms with E-state index in [9.17, 15) is 0 Å². The molecular weight excluding hydrogens is 246 g/mol. The van der Waals surface area contributed by atoms with Gasteiger partial charge in [-0.2, -0.15) is 0 Å². The highest BCUT2D eigenvalue weighted by Gasteiger charge is 2.08. The zero-order chi connectivity index (χ0) is 12.5. The van der Waals surface area contributed by atoms with Gasteiger partial charge in [0.1, 0.15) is 11.5 Å². The standard InChI is InChI=1S/C14H10ClN3/c1-9-13(17-8-18-14(9)15)11-4-5-12-10(7-11)3-2-6-16-12/h2-8H,1H3. The largest absolute Gasteiger partial charge is 0.256 e. The number of fused-ring (bicyclic) bond motifs is 1. The third kappa shape index (κ3) is 1.83. The Labute approximate surface area is 109 Å². The summed E-state index contributed by atoms with van der Waals surface area (Å²) in [6.45, 7) is 1.92. The number of aromatic nitrogens is 3. The summed E-state index contributed by atoms with van der Waals surface area (Å²) in [6, 6.07) is 10.0. The minimum atomic E-state index is 0.492. The second kappa shape index (κ2) is 4.35. The Hall–Kier alpha value is -2.00. The lowest BCUT2D eigenvalue weighted by Gasteiger charge is -2.06. The Morgan fingerprint density at radius 2 is 1.94 bits per heavy atom. The number of nitrogens with zero attached hydrogens (tertiary/aromatic N) is 3. The van der Waals surface area contributed by atoms with Crippen LogP contribution in [0.15, 0.2) is 42.9 Å². The smallest absolute Gasteiger partial charge is 0.135 e. The fraction of sp³-hybridized carbons (Fsp3) is 0.0714. The summed E-state index contributed by atoms with van der Waals surface area (Å²) in [6.07, 6.45) is 3.27. The van der Waals surface area contributed by atoms with E-state index in [1.54, 1.807) is 6.20 Å². The van der Waals surface area contributed by atoms with Gasteiger partial charge in [-0.1, -0.05) is 23.7 Å². The van der Waals surface area contributed by atoms with Crippen LogP contribution in [0.3, 0.4) is 0 Å². The predicted molar refractivity (Wildman–Crippen MR) is 72.5 cm³/mol. The minimum absolute atomic E-state index is 0.492. The van der Waals surface area contributed by atoms with Gasteiger partial charge in [0.25, 0.3) is 0 Å². The Balaban J connectivity index is 2.22. The van der Waals surface area contributed by atoms with Gasteiger partial charge >= 0.3 is 0 Å². The van der Waals surface area contributed by atoms with Gasteiger partial charge in [-0.15, -0.1) is 0 Å². The molecule has 3 rings (SSSR count). The molecule has 0 aliphatic rings.